The van der Waals surface area contributed by atoms with Crippen LogP contribution in [0.1, 0.15) is 32.6 Å². The summed E-state index contributed by atoms with van der Waals surface area (Å²) in [5.41, 5.74) is 0. The lowest BCUT2D eigenvalue weighted by Crippen LogP contribution is -2.32. The van der Waals surface area contributed by atoms with Gasteiger partial charge in [0.05, 0.1) is 6.10 Å². The van der Waals surface area contributed by atoms with Crippen LogP contribution in [0.25, 0.3) is 0 Å². The molecule has 2 bridgehead atoms. The van der Waals surface area contributed by atoms with Crippen LogP contribution in [0.2, 0.25) is 0 Å². The summed E-state index contributed by atoms with van der Waals surface area (Å²) in [6.07, 6.45) is 5.49. The van der Waals surface area contributed by atoms with Crippen molar-refractivity contribution in [1.29, 1.82) is 0 Å². The molecule has 0 N–H and O–H groups in total. The molecule has 3 nitrogen and oxygen atoms in total. The molecule has 0 aromatic carbocycles. The molecule has 2 rings (SSSR count). The van der Waals surface area contributed by atoms with Crippen LogP contribution < -0.4 is 0 Å². The van der Waals surface area contributed by atoms with E-state index >= 15 is 0 Å². The molecule has 86 valence electrons. The van der Waals surface area contributed by atoms with Gasteiger partial charge < -0.3 is 9.47 Å². The van der Waals surface area contributed by atoms with Crippen molar-refractivity contribution < 1.29 is 14.3 Å². The van der Waals surface area contributed by atoms with Crippen LogP contribution in [-0.2, 0) is 14.3 Å². The number of carbonyl (C=O) groups excluding carboxylic acids is 1. The zero-order chi connectivity index (χ0) is 10.8. The smallest absolute Gasteiger partial charge is 0.302 e. The van der Waals surface area contributed by atoms with E-state index in [4.69, 9.17) is 9.47 Å². The van der Waals surface area contributed by atoms with Gasteiger partial charge in [-0.05, 0) is 37.0 Å². The first-order chi connectivity index (χ1) is 7.20. The topological polar surface area (TPSA) is 35.5 Å². The Morgan fingerprint density at radius 3 is 2.67 bits per heavy atom. The summed E-state index contributed by atoms with van der Waals surface area (Å²) in [6, 6.07) is 0. The van der Waals surface area contributed by atoms with E-state index in [-0.39, 0.29) is 12.1 Å². The van der Waals surface area contributed by atoms with Crippen LogP contribution in [0.4, 0.5) is 0 Å². The van der Waals surface area contributed by atoms with E-state index in [0.717, 1.165) is 11.8 Å². The number of carbonyl (C=O) groups is 1. The molecule has 0 aromatic rings. The molecule has 2 aliphatic rings. The number of ether oxygens (including phenoxy) is 2. The quantitative estimate of drug-likeness (QED) is 0.669. The lowest BCUT2D eigenvalue weighted by molar-refractivity contribution is -0.146. The minimum absolute atomic E-state index is 0.115. The fourth-order valence-corrected chi connectivity index (χ4v) is 3.32. The molecule has 0 heterocycles. The number of fused-ring (bicyclic) bond motifs is 2. The van der Waals surface area contributed by atoms with Crippen molar-refractivity contribution >= 4 is 5.97 Å². The Morgan fingerprint density at radius 2 is 2.20 bits per heavy atom. The van der Waals surface area contributed by atoms with Crippen LogP contribution in [0.5, 0.6) is 0 Å². The highest BCUT2D eigenvalue weighted by Crippen LogP contribution is 2.49. The van der Waals surface area contributed by atoms with Crippen molar-refractivity contribution in [3.63, 3.8) is 0 Å². The highest BCUT2D eigenvalue weighted by Gasteiger charge is 2.43. The van der Waals surface area contributed by atoms with Gasteiger partial charge in [-0.3, -0.25) is 4.79 Å². The summed E-state index contributed by atoms with van der Waals surface area (Å²) in [4.78, 5) is 10.8. The average Bonchev–Trinajstić information content (AvgIpc) is 2.79. The van der Waals surface area contributed by atoms with Gasteiger partial charge in [-0.15, -0.1) is 0 Å². The first-order valence-corrected chi connectivity index (χ1v) is 5.87. The summed E-state index contributed by atoms with van der Waals surface area (Å²) in [6.45, 7) is 1.88. The Hall–Kier alpha value is -0.570. The molecular weight excluding hydrogens is 192 g/mol. The zero-order valence-corrected chi connectivity index (χ0v) is 9.57. The third kappa shape index (κ3) is 2.33. The average molecular weight is 212 g/mol. The standard InChI is InChI=1S/C12H20O3/c1-8(13)15-7-12(14-2)11-6-9-3-4-10(11)5-9/h9-12H,3-7H2,1-2H3/t9-,10+,11?,12-/m1/s1. The summed E-state index contributed by atoms with van der Waals surface area (Å²) < 4.78 is 10.5. The van der Waals surface area contributed by atoms with Gasteiger partial charge in [-0.1, -0.05) is 6.42 Å². The second-order valence-electron chi connectivity index (χ2n) is 4.92. The maximum absolute atomic E-state index is 10.8. The number of hydrogen-bond acceptors (Lipinski definition) is 3. The molecule has 0 radical (unpaired) electrons. The zero-order valence-electron chi connectivity index (χ0n) is 9.57. The summed E-state index contributed by atoms with van der Waals surface area (Å²) in [5.74, 6) is 2.14. The van der Waals surface area contributed by atoms with Crippen LogP contribution in [0, 0.1) is 17.8 Å². The van der Waals surface area contributed by atoms with E-state index in [1.165, 1.54) is 32.6 Å². The van der Waals surface area contributed by atoms with E-state index in [2.05, 4.69) is 0 Å². The van der Waals surface area contributed by atoms with E-state index in [0.29, 0.717) is 12.5 Å². The van der Waals surface area contributed by atoms with Crippen molar-refractivity contribution in [1.82, 2.24) is 0 Å². The number of hydrogen-bond donors (Lipinski definition) is 0. The van der Waals surface area contributed by atoms with Crippen LogP contribution in [-0.4, -0.2) is 25.8 Å². The molecule has 2 fully saturated rings. The Bertz CT molecular complexity index is 239. The fourth-order valence-electron chi connectivity index (χ4n) is 3.32. The van der Waals surface area contributed by atoms with Gasteiger partial charge in [0.25, 0.3) is 0 Å². The lowest BCUT2D eigenvalue weighted by atomic mass is 9.85. The molecule has 1 unspecified atom stereocenters. The van der Waals surface area contributed by atoms with E-state index in [1.54, 1.807) is 7.11 Å². The van der Waals surface area contributed by atoms with Crippen molar-refractivity contribution in [2.45, 2.75) is 38.7 Å². The van der Waals surface area contributed by atoms with E-state index in [1.807, 2.05) is 0 Å². The van der Waals surface area contributed by atoms with Crippen molar-refractivity contribution in [3.05, 3.63) is 0 Å². The van der Waals surface area contributed by atoms with Gasteiger partial charge >= 0.3 is 5.97 Å². The third-order valence-corrected chi connectivity index (χ3v) is 4.02. The fraction of sp³-hybridized carbons (Fsp3) is 0.917. The molecule has 0 aromatic heterocycles. The van der Waals surface area contributed by atoms with Crippen molar-refractivity contribution in [3.8, 4) is 0 Å². The van der Waals surface area contributed by atoms with Crippen LogP contribution >= 0.6 is 0 Å². The van der Waals surface area contributed by atoms with Crippen LogP contribution in [0.15, 0.2) is 0 Å². The van der Waals surface area contributed by atoms with Gasteiger partial charge in [-0.25, -0.2) is 0 Å². The molecule has 0 spiro atoms. The van der Waals surface area contributed by atoms with Crippen molar-refractivity contribution in [2.75, 3.05) is 13.7 Å². The molecular formula is C12H20O3. The van der Waals surface area contributed by atoms with E-state index in [9.17, 15) is 4.79 Å². The SMILES string of the molecule is CO[C@H](COC(C)=O)C1C[C@@H]2CC[C@H]1C2. The second-order valence-corrected chi connectivity index (χ2v) is 4.92. The predicted octanol–water partition coefficient (Wildman–Crippen LogP) is 2.00. The maximum Gasteiger partial charge on any atom is 0.302 e. The number of esters is 1. The summed E-state index contributed by atoms with van der Waals surface area (Å²) >= 11 is 0. The van der Waals surface area contributed by atoms with Gasteiger partial charge in [0.2, 0.25) is 0 Å². The second kappa shape index (κ2) is 4.52. The maximum atomic E-state index is 10.8. The first kappa shape index (κ1) is 10.9. The molecule has 4 atom stereocenters. The van der Waals surface area contributed by atoms with Gasteiger partial charge in [0.15, 0.2) is 0 Å². The summed E-state index contributed by atoms with van der Waals surface area (Å²) in [7, 11) is 1.72. The number of methoxy groups -OCH3 is 1. The minimum atomic E-state index is -0.208. The molecule has 2 saturated carbocycles. The van der Waals surface area contributed by atoms with E-state index < -0.39 is 0 Å². The minimum Gasteiger partial charge on any atom is -0.463 e. The molecule has 3 heteroatoms. The molecule has 2 aliphatic carbocycles. The highest BCUT2D eigenvalue weighted by molar-refractivity contribution is 5.65. The molecule has 0 saturated heterocycles. The predicted molar refractivity (Wildman–Crippen MR) is 56.4 cm³/mol. The normalized spacial score (nSPS) is 35.5. The molecule has 0 amide bonds. The molecule has 15 heavy (non-hydrogen) atoms. The Balaban J connectivity index is 1.86. The molecule has 0 aliphatic heterocycles. The number of rotatable bonds is 4. The van der Waals surface area contributed by atoms with Gasteiger partial charge in [0.1, 0.15) is 6.61 Å². The Labute approximate surface area is 91.1 Å². The summed E-state index contributed by atoms with van der Waals surface area (Å²) in [5, 5.41) is 0. The lowest BCUT2D eigenvalue weighted by Gasteiger charge is -2.28. The van der Waals surface area contributed by atoms with Crippen LogP contribution in [0.3, 0.4) is 0 Å². The highest BCUT2D eigenvalue weighted by atomic mass is 16.6. The largest absolute Gasteiger partial charge is 0.463 e. The first-order valence-electron chi connectivity index (χ1n) is 5.87. The Kier molecular flexibility index (Phi) is 3.29. The van der Waals surface area contributed by atoms with Crippen molar-refractivity contribution in [2.24, 2.45) is 17.8 Å². The Morgan fingerprint density at radius 1 is 1.40 bits per heavy atom. The van der Waals surface area contributed by atoms with Gasteiger partial charge in [0, 0.05) is 14.0 Å². The monoisotopic (exact) mass is 212 g/mol. The van der Waals surface area contributed by atoms with Gasteiger partial charge in [-0.2, -0.15) is 0 Å². The third-order valence-electron chi connectivity index (χ3n) is 4.02.